The van der Waals surface area contributed by atoms with Gasteiger partial charge in [0.2, 0.25) is 0 Å². The number of aliphatic hydroxyl groups is 1. The van der Waals surface area contributed by atoms with E-state index in [4.69, 9.17) is 10.2 Å². The van der Waals surface area contributed by atoms with Gasteiger partial charge in [0.25, 0.3) is 0 Å². The molecule has 3 atom stereocenters. The molecule has 2 saturated heterocycles. The summed E-state index contributed by atoms with van der Waals surface area (Å²) in [5, 5.41) is 23.1. The van der Waals surface area contributed by atoms with Gasteiger partial charge in [-0.3, -0.25) is 4.90 Å². The fourth-order valence-corrected chi connectivity index (χ4v) is 2.92. The zero-order chi connectivity index (χ0) is 13.8. The number of carbonyl (C=O) groups excluding carboxylic acids is 1. The topological polar surface area (TPSA) is 102 Å². The number of aliphatic carboxylic acids is 1. The van der Waals surface area contributed by atoms with E-state index in [1.165, 1.54) is 6.42 Å². The van der Waals surface area contributed by atoms with Crippen LogP contribution in [-0.2, 0) is 4.79 Å². The highest BCUT2D eigenvalue weighted by molar-refractivity contribution is 5.75. The van der Waals surface area contributed by atoms with Crippen molar-refractivity contribution in [2.75, 3.05) is 19.6 Å². The Morgan fingerprint density at radius 3 is 2.84 bits per heavy atom. The number of fused-ring (bicyclic) bond motifs is 1. The smallest absolute Gasteiger partial charge is 0.332 e. The van der Waals surface area contributed by atoms with Crippen LogP contribution in [0.5, 0.6) is 0 Å². The Bertz CT molecular complexity index is 350. The molecule has 0 bridgehead atoms. The average Bonchev–Trinajstić information content (AvgIpc) is 2.94. The van der Waals surface area contributed by atoms with Crippen molar-refractivity contribution < 1.29 is 19.8 Å². The molecule has 0 radical (unpaired) electrons. The third-order valence-electron chi connectivity index (χ3n) is 3.91. The molecule has 2 rings (SSSR count). The quantitative estimate of drug-likeness (QED) is 0.532. The minimum atomic E-state index is -1.42. The van der Waals surface area contributed by atoms with Gasteiger partial charge in [0.05, 0.1) is 0 Å². The number of rotatable bonds is 5. The Morgan fingerprint density at radius 2 is 2.11 bits per heavy atom. The molecular formula is C12H21N3O4. The van der Waals surface area contributed by atoms with Crippen molar-refractivity contribution in [1.29, 1.82) is 0 Å². The van der Waals surface area contributed by atoms with E-state index in [2.05, 4.69) is 15.5 Å². The Kier molecular flexibility index (Phi) is 4.60. The lowest BCUT2D eigenvalue weighted by molar-refractivity contribution is -0.146. The van der Waals surface area contributed by atoms with Crippen molar-refractivity contribution in [3.63, 3.8) is 0 Å². The second kappa shape index (κ2) is 6.21. The summed E-state index contributed by atoms with van der Waals surface area (Å²) in [6, 6.07) is 0.360. The van der Waals surface area contributed by atoms with E-state index < -0.39 is 12.1 Å². The second-order valence-electron chi connectivity index (χ2n) is 5.18. The fraction of sp³-hybridized carbons (Fsp3) is 0.833. The third-order valence-corrected chi connectivity index (χ3v) is 3.91. The maximum absolute atomic E-state index is 11.7. The summed E-state index contributed by atoms with van der Waals surface area (Å²) in [5.74, 6) is -1.26. The highest BCUT2D eigenvalue weighted by atomic mass is 16.4. The lowest BCUT2D eigenvalue weighted by Crippen LogP contribution is -2.47. The summed E-state index contributed by atoms with van der Waals surface area (Å²) in [4.78, 5) is 24.5. The standard InChI is InChI=1S/C12H21N3O4/c16-10(11(17)18)3-5-13-12(19)14-8-4-7-15-6-1-2-9(8)15/h8-10,16H,1-7H2,(H,17,18)(H2,13,14,19)/t8?,9?,10-/m0/s1. The van der Waals surface area contributed by atoms with Crippen LogP contribution in [0.3, 0.4) is 0 Å². The van der Waals surface area contributed by atoms with Gasteiger partial charge in [-0.15, -0.1) is 0 Å². The number of carboxylic acids is 1. The van der Waals surface area contributed by atoms with Crippen LogP contribution >= 0.6 is 0 Å². The van der Waals surface area contributed by atoms with Crippen LogP contribution in [-0.4, -0.2) is 64.9 Å². The maximum atomic E-state index is 11.7. The molecule has 2 fully saturated rings. The average molecular weight is 271 g/mol. The van der Waals surface area contributed by atoms with Gasteiger partial charge < -0.3 is 20.8 Å². The number of hydrogen-bond acceptors (Lipinski definition) is 4. The van der Waals surface area contributed by atoms with Crippen molar-refractivity contribution in [3.8, 4) is 0 Å². The normalized spacial score (nSPS) is 27.8. The van der Waals surface area contributed by atoms with E-state index in [1.807, 2.05) is 0 Å². The van der Waals surface area contributed by atoms with Gasteiger partial charge in [0, 0.05) is 31.6 Å². The van der Waals surface area contributed by atoms with Gasteiger partial charge in [-0.2, -0.15) is 0 Å². The largest absolute Gasteiger partial charge is 0.479 e. The summed E-state index contributed by atoms with van der Waals surface area (Å²) in [6.07, 6.45) is 1.88. The maximum Gasteiger partial charge on any atom is 0.332 e. The Hall–Kier alpha value is -1.34. The summed E-state index contributed by atoms with van der Waals surface area (Å²) >= 11 is 0. The van der Waals surface area contributed by atoms with Crippen LogP contribution in [0.4, 0.5) is 4.79 Å². The van der Waals surface area contributed by atoms with Gasteiger partial charge in [-0.1, -0.05) is 0 Å². The van der Waals surface area contributed by atoms with Crippen molar-refractivity contribution >= 4 is 12.0 Å². The first kappa shape index (κ1) is 14.1. The zero-order valence-electron chi connectivity index (χ0n) is 10.8. The van der Waals surface area contributed by atoms with E-state index in [0.717, 1.165) is 25.9 Å². The minimum Gasteiger partial charge on any atom is -0.479 e. The molecule has 2 amide bonds. The van der Waals surface area contributed by atoms with Crippen LogP contribution in [0.15, 0.2) is 0 Å². The van der Waals surface area contributed by atoms with Crippen LogP contribution in [0.2, 0.25) is 0 Å². The molecule has 0 saturated carbocycles. The van der Waals surface area contributed by atoms with Gasteiger partial charge in [-0.25, -0.2) is 9.59 Å². The number of carbonyl (C=O) groups is 2. The summed E-state index contributed by atoms with van der Waals surface area (Å²) in [6.45, 7) is 2.31. The number of nitrogens with one attached hydrogen (secondary N) is 2. The molecule has 2 unspecified atom stereocenters. The highest BCUT2D eigenvalue weighted by Crippen LogP contribution is 2.27. The molecule has 0 aliphatic carbocycles. The molecule has 4 N–H and O–H groups in total. The van der Waals surface area contributed by atoms with Crippen LogP contribution in [0.25, 0.3) is 0 Å². The van der Waals surface area contributed by atoms with Crippen molar-refractivity contribution in [1.82, 2.24) is 15.5 Å². The predicted molar refractivity (Wildman–Crippen MR) is 67.8 cm³/mol. The molecule has 7 nitrogen and oxygen atoms in total. The van der Waals surface area contributed by atoms with Crippen LogP contribution in [0, 0.1) is 0 Å². The predicted octanol–water partition coefficient (Wildman–Crippen LogP) is -0.642. The van der Waals surface area contributed by atoms with Crippen molar-refractivity contribution in [2.24, 2.45) is 0 Å². The van der Waals surface area contributed by atoms with Gasteiger partial charge in [0.1, 0.15) is 0 Å². The summed E-state index contributed by atoms with van der Waals surface area (Å²) in [5.41, 5.74) is 0. The van der Waals surface area contributed by atoms with E-state index in [0.29, 0.717) is 6.04 Å². The first-order chi connectivity index (χ1) is 9.08. The zero-order valence-corrected chi connectivity index (χ0v) is 10.8. The Labute approximate surface area is 112 Å². The first-order valence-electron chi connectivity index (χ1n) is 6.77. The molecular weight excluding hydrogens is 250 g/mol. The monoisotopic (exact) mass is 271 g/mol. The van der Waals surface area contributed by atoms with Gasteiger partial charge in [-0.05, 0) is 25.8 Å². The van der Waals surface area contributed by atoms with Gasteiger partial charge >= 0.3 is 12.0 Å². The lowest BCUT2D eigenvalue weighted by Gasteiger charge is -2.21. The summed E-state index contributed by atoms with van der Waals surface area (Å²) in [7, 11) is 0. The SMILES string of the molecule is O=C(NCC[C@H](O)C(=O)O)NC1CCN2CCCC12. The first-order valence-corrected chi connectivity index (χ1v) is 6.77. The van der Waals surface area contributed by atoms with E-state index in [9.17, 15) is 9.59 Å². The van der Waals surface area contributed by atoms with Crippen LogP contribution < -0.4 is 10.6 Å². The second-order valence-corrected chi connectivity index (χ2v) is 5.18. The lowest BCUT2D eigenvalue weighted by atomic mass is 10.1. The number of urea groups is 1. The number of nitrogens with zero attached hydrogens (tertiary/aromatic N) is 1. The molecule has 2 aliphatic rings. The molecule has 0 aromatic carbocycles. The molecule has 2 heterocycles. The fourth-order valence-electron chi connectivity index (χ4n) is 2.92. The van der Waals surface area contributed by atoms with E-state index in [-0.39, 0.29) is 25.0 Å². The van der Waals surface area contributed by atoms with E-state index >= 15 is 0 Å². The number of aliphatic hydroxyl groups excluding tert-OH is 1. The molecule has 0 spiro atoms. The van der Waals surface area contributed by atoms with Crippen LogP contribution in [0.1, 0.15) is 25.7 Å². The minimum absolute atomic E-state index is 0.0168. The molecule has 0 aromatic rings. The van der Waals surface area contributed by atoms with E-state index in [1.54, 1.807) is 0 Å². The Balaban J connectivity index is 1.66. The molecule has 19 heavy (non-hydrogen) atoms. The summed E-state index contributed by atoms with van der Waals surface area (Å²) < 4.78 is 0. The number of carboxylic acid groups (broad SMARTS) is 1. The highest BCUT2D eigenvalue weighted by Gasteiger charge is 2.37. The molecule has 7 heteroatoms. The van der Waals surface area contributed by atoms with Crippen molar-refractivity contribution in [2.45, 2.75) is 43.9 Å². The van der Waals surface area contributed by atoms with Crippen molar-refractivity contribution in [3.05, 3.63) is 0 Å². The molecule has 108 valence electrons. The number of amides is 2. The molecule has 0 aromatic heterocycles. The number of hydrogen-bond donors (Lipinski definition) is 4. The molecule has 2 aliphatic heterocycles. The Morgan fingerprint density at radius 1 is 1.32 bits per heavy atom. The van der Waals surface area contributed by atoms with Gasteiger partial charge in [0.15, 0.2) is 6.10 Å². The third kappa shape index (κ3) is 3.57.